The van der Waals surface area contributed by atoms with Crippen molar-refractivity contribution < 1.29 is 17.6 Å². The number of fused-ring (bicyclic) bond motifs is 1. The van der Waals surface area contributed by atoms with Gasteiger partial charge in [0.05, 0.1) is 6.04 Å². The van der Waals surface area contributed by atoms with Gasteiger partial charge < -0.3 is 9.88 Å². The number of benzene rings is 1. The fraction of sp³-hybridized carbons (Fsp3) is 0.385. The zero-order valence-corrected chi connectivity index (χ0v) is 10.8. The molecule has 21 heavy (non-hydrogen) atoms. The van der Waals surface area contributed by atoms with E-state index in [1.165, 1.54) is 0 Å². The van der Waals surface area contributed by atoms with Crippen molar-refractivity contribution in [2.45, 2.75) is 24.9 Å². The van der Waals surface area contributed by atoms with Crippen LogP contribution in [0.15, 0.2) is 30.3 Å². The average molecular weight is 300 g/mol. The van der Waals surface area contributed by atoms with Crippen LogP contribution in [0.2, 0.25) is 0 Å². The van der Waals surface area contributed by atoms with Gasteiger partial charge in [0.1, 0.15) is 0 Å². The zero-order valence-electron chi connectivity index (χ0n) is 10.8. The van der Waals surface area contributed by atoms with E-state index in [0.29, 0.717) is 6.54 Å². The Bertz CT molecular complexity index is 626. The summed E-state index contributed by atoms with van der Waals surface area (Å²) in [4.78, 5) is 0. The summed E-state index contributed by atoms with van der Waals surface area (Å²) in [5.41, 5.74) is 0.817. The van der Waals surface area contributed by atoms with Crippen LogP contribution in [-0.2, 0) is 12.5 Å². The number of hydrogen-bond donors (Lipinski definition) is 1. The van der Waals surface area contributed by atoms with Gasteiger partial charge in [0.2, 0.25) is 5.82 Å². The van der Waals surface area contributed by atoms with Crippen LogP contribution in [0.5, 0.6) is 0 Å². The second-order valence-electron chi connectivity index (χ2n) is 4.75. The van der Waals surface area contributed by atoms with Gasteiger partial charge in [-0.25, -0.2) is 8.78 Å². The second kappa shape index (κ2) is 5.10. The molecule has 1 aliphatic rings. The fourth-order valence-electron chi connectivity index (χ4n) is 2.42. The van der Waals surface area contributed by atoms with Crippen LogP contribution in [0.1, 0.15) is 23.3 Å². The molecule has 1 aromatic carbocycles. The highest BCUT2D eigenvalue weighted by Gasteiger charge is 2.48. The molecule has 4 nitrogen and oxygen atoms in total. The highest BCUT2D eigenvalue weighted by atomic mass is 19.3. The van der Waals surface area contributed by atoms with Gasteiger partial charge >= 0.3 is 12.3 Å². The number of hydrogen-bond acceptors (Lipinski definition) is 3. The molecule has 0 bridgehead atoms. The van der Waals surface area contributed by atoms with Gasteiger partial charge in [-0.3, -0.25) is 0 Å². The van der Waals surface area contributed by atoms with Crippen molar-refractivity contribution in [2.24, 2.45) is 0 Å². The topological polar surface area (TPSA) is 42.7 Å². The maximum absolute atomic E-state index is 13.5. The minimum atomic E-state index is -4.30. The fourth-order valence-corrected chi connectivity index (χ4v) is 2.42. The van der Waals surface area contributed by atoms with Gasteiger partial charge in [0.25, 0.3) is 0 Å². The molecule has 3 rings (SSSR count). The third-order valence-corrected chi connectivity index (χ3v) is 3.43. The molecule has 0 radical (unpaired) electrons. The molecule has 1 aromatic heterocycles. The molecule has 0 amide bonds. The lowest BCUT2D eigenvalue weighted by Crippen LogP contribution is -2.37. The largest absolute Gasteiger partial charge is 0.365 e. The number of nitrogens with zero attached hydrogens (tertiary/aromatic N) is 3. The lowest BCUT2D eigenvalue weighted by Gasteiger charge is -2.26. The van der Waals surface area contributed by atoms with E-state index in [4.69, 9.17) is 0 Å². The van der Waals surface area contributed by atoms with Crippen LogP contribution < -0.4 is 5.32 Å². The number of alkyl halides is 4. The maximum atomic E-state index is 13.5. The lowest BCUT2D eigenvalue weighted by molar-refractivity contribution is -0.143. The Labute approximate surface area is 117 Å². The first-order chi connectivity index (χ1) is 10.0. The van der Waals surface area contributed by atoms with Crippen molar-refractivity contribution in [1.29, 1.82) is 0 Å². The predicted octanol–water partition coefficient (Wildman–Crippen LogP) is 2.33. The Hall–Kier alpha value is -1.96. The van der Waals surface area contributed by atoms with Crippen molar-refractivity contribution in [2.75, 3.05) is 6.54 Å². The second-order valence-corrected chi connectivity index (χ2v) is 4.75. The first kappa shape index (κ1) is 14.0. The Kier molecular flexibility index (Phi) is 3.40. The van der Waals surface area contributed by atoms with Crippen molar-refractivity contribution in [3.8, 4) is 0 Å². The summed E-state index contributed by atoms with van der Waals surface area (Å²) in [6.07, 6.45) is -3.81. The number of nitrogens with one attached hydrogen (secondary N) is 1. The molecule has 2 heterocycles. The predicted molar refractivity (Wildman–Crippen MR) is 66.2 cm³/mol. The van der Waals surface area contributed by atoms with E-state index in [9.17, 15) is 17.6 Å². The molecule has 2 aromatic rings. The van der Waals surface area contributed by atoms with Crippen molar-refractivity contribution >= 4 is 0 Å². The smallest absolute Gasteiger partial charge is 0.307 e. The van der Waals surface area contributed by atoms with Gasteiger partial charge in [0.15, 0.2) is 5.82 Å². The minimum absolute atomic E-state index is 0.128. The molecule has 1 aliphatic heterocycles. The minimum Gasteiger partial charge on any atom is -0.307 e. The highest BCUT2D eigenvalue weighted by Crippen LogP contribution is 2.35. The van der Waals surface area contributed by atoms with E-state index in [0.717, 1.165) is 10.1 Å². The first-order valence-corrected chi connectivity index (χ1v) is 6.39. The Morgan fingerprint density at radius 2 is 1.90 bits per heavy atom. The third kappa shape index (κ3) is 2.29. The molecule has 8 heteroatoms. The normalized spacial score (nSPS) is 18.8. The molecule has 0 saturated heterocycles. The summed E-state index contributed by atoms with van der Waals surface area (Å²) in [6.45, 7) is 0.500. The zero-order chi connectivity index (χ0) is 15.0. The molecule has 0 fully saturated rings. The molecular formula is C13H12F4N4. The van der Waals surface area contributed by atoms with E-state index in [1.807, 2.05) is 18.2 Å². The molecule has 1 atom stereocenters. The quantitative estimate of drug-likeness (QED) is 0.885. The van der Waals surface area contributed by atoms with Crippen LogP contribution in [0.3, 0.4) is 0 Å². The van der Waals surface area contributed by atoms with Crippen molar-refractivity contribution in [1.82, 2.24) is 20.1 Å². The Balaban J connectivity index is 2.04. The monoisotopic (exact) mass is 300 g/mol. The molecule has 1 unspecified atom stereocenters. The SMILES string of the molecule is FC(F)C(F)(F)c1nnc2n1CCNC2c1ccccc1. The summed E-state index contributed by atoms with van der Waals surface area (Å²) < 4.78 is 53.2. The van der Waals surface area contributed by atoms with Gasteiger partial charge in [-0.2, -0.15) is 8.78 Å². The van der Waals surface area contributed by atoms with E-state index in [1.54, 1.807) is 12.1 Å². The lowest BCUT2D eigenvalue weighted by atomic mass is 10.0. The molecule has 0 aliphatic carbocycles. The van der Waals surface area contributed by atoms with Crippen LogP contribution in [0.25, 0.3) is 0 Å². The molecule has 112 valence electrons. The summed E-state index contributed by atoms with van der Waals surface area (Å²) in [5, 5.41) is 10.1. The van der Waals surface area contributed by atoms with Crippen LogP contribution in [-0.4, -0.2) is 27.7 Å². The van der Waals surface area contributed by atoms with Gasteiger partial charge in [-0.1, -0.05) is 30.3 Å². The number of halogens is 4. The summed E-state index contributed by atoms with van der Waals surface area (Å²) >= 11 is 0. The Morgan fingerprint density at radius 1 is 1.19 bits per heavy atom. The van der Waals surface area contributed by atoms with Gasteiger partial charge in [0, 0.05) is 13.1 Å². The maximum Gasteiger partial charge on any atom is 0.365 e. The van der Waals surface area contributed by atoms with Crippen LogP contribution in [0, 0.1) is 0 Å². The van der Waals surface area contributed by atoms with E-state index >= 15 is 0 Å². The molecule has 0 saturated carbocycles. The number of aromatic nitrogens is 3. The Morgan fingerprint density at radius 3 is 2.57 bits per heavy atom. The van der Waals surface area contributed by atoms with Crippen molar-refractivity contribution in [3.05, 3.63) is 47.5 Å². The first-order valence-electron chi connectivity index (χ1n) is 6.39. The molecular weight excluding hydrogens is 288 g/mol. The van der Waals surface area contributed by atoms with Crippen LogP contribution >= 0.6 is 0 Å². The summed E-state index contributed by atoms with van der Waals surface area (Å²) in [6, 6.07) is 8.63. The summed E-state index contributed by atoms with van der Waals surface area (Å²) in [5.74, 6) is -5.05. The van der Waals surface area contributed by atoms with Crippen LogP contribution in [0.4, 0.5) is 17.6 Å². The average Bonchev–Trinajstić information content (AvgIpc) is 2.92. The standard InChI is InChI=1S/C13H12F4N4/c14-11(15)13(16,17)12-20-19-10-9(18-6-7-21(10)12)8-4-2-1-3-5-8/h1-5,9,11,18H,6-7H2. The van der Waals surface area contributed by atoms with Gasteiger partial charge in [-0.05, 0) is 5.56 Å². The molecule has 0 spiro atoms. The summed E-state index contributed by atoms with van der Waals surface area (Å²) in [7, 11) is 0. The third-order valence-electron chi connectivity index (χ3n) is 3.43. The van der Waals surface area contributed by atoms with Crippen molar-refractivity contribution in [3.63, 3.8) is 0 Å². The van der Waals surface area contributed by atoms with Gasteiger partial charge in [-0.15, -0.1) is 10.2 Å². The van der Waals surface area contributed by atoms with E-state index in [2.05, 4.69) is 15.5 Å². The molecule has 1 N–H and O–H groups in total. The van der Waals surface area contributed by atoms with E-state index < -0.39 is 24.2 Å². The highest BCUT2D eigenvalue weighted by molar-refractivity contribution is 5.26. The number of rotatable bonds is 3. The van der Waals surface area contributed by atoms with E-state index in [-0.39, 0.29) is 12.4 Å².